The highest BCUT2D eigenvalue weighted by Crippen LogP contribution is 2.26. The zero-order valence-electron chi connectivity index (χ0n) is 7.64. The molecule has 0 spiro atoms. The van der Waals surface area contributed by atoms with Gasteiger partial charge in [0, 0.05) is 5.92 Å². The second-order valence-corrected chi connectivity index (χ2v) is 5.79. The van der Waals surface area contributed by atoms with Crippen molar-refractivity contribution in [2.24, 2.45) is 0 Å². The molecule has 0 N–H and O–H groups in total. The van der Waals surface area contributed by atoms with Gasteiger partial charge in [-0.3, -0.25) is 0 Å². The van der Waals surface area contributed by atoms with Crippen LogP contribution < -0.4 is 0 Å². The third-order valence-corrected chi connectivity index (χ3v) is 3.86. The second-order valence-electron chi connectivity index (χ2n) is 3.03. The lowest BCUT2D eigenvalue weighted by molar-refractivity contribution is 0.865. The summed E-state index contributed by atoms with van der Waals surface area (Å²) >= 11 is 3.85. The molecular weight excluding hydrogens is 307 g/mol. The summed E-state index contributed by atoms with van der Waals surface area (Å²) in [6.45, 7) is 2.16. The second kappa shape index (κ2) is 4.35. The average molecular weight is 316 g/mol. The fourth-order valence-corrected chi connectivity index (χ4v) is 2.71. The summed E-state index contributed by atoms with van der Waals surface area (Å²) in [6, 6.07) is 10.4. The van der Waals surface area contributed by atoms with Crippen LogP contribution in [0.5, 0.6) is 0 Å². The monoisotopic (exact) mass is 316 g/mol. The van der Waals surface area contributed by atoms with E-state index in [-0.39, 0.29) is 0 Å². The van der Waals surface area contributed by atoms with Gasteiger partial charge in [-0.15, -0.1) is 10.2 Å². The summed E-state index contributed by atoms with van der Waals surface area (Å²) in [7, 11) is 0. The van der Waals surface area contributed by atoms with E-state index < -0.39 is 0 Å². The predicted molar refractivity (Wildman–Crippen MR) is 66.6 cm³/mol. The lowest BCUT2D eigenvalue weighted by Crippen LogP contribution is -1.94. The van der Waals surface area contributed by atoms with Gasteiger partial charge in [-0.05, 0) is 28.2 Å². The fraction of sp³-hybridized carbons (Fsp3) is 0.200. The van der Waals surface area contributed by atoms with E-state index in [0.29, 0.717) is 5.92 Å². The molecule has 0 radical (unpaired) electrons. The molecule has 1 unspecified atom stereocenters. The summed E-state index contributed by atoms with van der Waals surface area (Å²) < 4.78 is 1.00. The molecule has 0 aliphatic rings. The molecule has 0 fully saturated rings. The van der Waals surface area contributed by atoms with Gasteiger partial charge < -0.3 is 0 Å². The minimum atomic E-state index is 0.345. The number of aromatic nitrogens is 2. The van der Waals surface area contributed by atoms with Crippen LogP contribution in [-0.4, -0.2) is 10.2 Å². The summed E-state index contributed by atoms with van der Waals surface area (Å²) in [4.78, 5) is 0. The van der Waals surface area contributed by atoms with Crippen molar-refractivity contribution in [2.45, 2.75) is 12.8 Å². The smallest absolute Gasteiger partial charge is 0.142 e. The maximum absolute atomic E-state index is 4.15. The number of rotatable bonds is 2. The Hall–Kier alpha value is -0.490. The number of hydrogen-bond acceptors (Lipinski definition) is 3. The van der Waals surface area contributed by atoms with Crippen LogP contribution in [0.15, 0.2) is 30.3 Å². The highest BCUT2D eigenvalue weighted by atomic mass is 127. The highest BCUT2D eigenvalue weighted by molar-refractivity contribution is 14.1. The lowest BCUT2D eigenvalue weighted by Gasteiger charge is -2.06. The van der Waals surface area contributed by atoms with E-state index in [9.17, 15) is 0 Å². The molecule has 0 saturated heterocycles. The van der Waals surface area contributed by atoms with Gasteiger partial charge in [0.05, 0.1) is 0 Å². The van der Waals surface area contributed by atoms with E-state index in [4.69, 9.17) is 0 Å². The zero-order valence-corrected chi connectivity index (χ0v) is 10.6. The Morgan fingerprint density at radius 2 is 1.93 bits per heavy atom. The van der Waals surface area contributed by atoms with Crippen LogP contribution in [0, 0.1) is 3.01 Å². The van der Waals surface area contributed by atoms with Gasteiger partial charge in [-0.2, -0.15) is 0 Å². The van der Waals surface area contributed by atoms with Crippen molar-refractivity contribution < 1.29 is 0 Å². The average Bonchev–Trinajstić information content (AvgIpc) is 2.65. The quantitative estimate of drug-likeness (QED) is 0.795. The number of halogens is 1. The fourth-order valence-electron chi connectivity index (χ4n) is 1.27. The number of hydrogen-bond donors (Lipinski definition) is 0. The van der Waals surface area contributed by atoms with Crippen LogP contribution in [0.4, 0.5) is 0 Å². The Balaban J connectivity index is 2.29. The Labute approximate surface area is 101 Å². The number of benzene rings is 1. The van der Waals surface area contributed by atoms with Crippen molar-refractivity contribution >= 4 is 33.9 Å². The number of nitrogens with zero attached hydrogens (tertiary/aromatic N) is 2. The first kappa shape index (κ1) is 10.0. The summed E-state index contributed by atoms with van der Waals surface area (Å²) in [5.74, 6) is 0.345. The van der Waals surface area contributed by atoms with Crippen LogP contribution >= 0.6 is 33.9 Å². The van der Waals surface area contributed by atoms with E-state index in [0.717, 1.165) is 8.02 Å². The van der Waals surface area contributed by atoms with Crippen molar-refractivity contribution in [3.05, 3.63) is 43.9 Å². The molecule has 1 atom stereocenters. The van der Waals surface area contributed by atoms with Crippen LogP contribution in [0.1, 0.15) is 23.4 Å². The van der Waals surface area contributed by atoms with Crippen LogP contribution in [0.3, 0.4) is 0 Å². The van der Waals surface area contributed by atoms with Crippen molar-refractivity contribution in [1.29, 1.82) is 0 Å². The largest absolute Gasteiger partial charge is 0.178 e. The van der Waals surface area contributed by atoms with Crippen LogP contribution in [-0.2, 0) is 0 Å². The standard InChI is InChI=1S/C10H9IN2S/c1-7(8-5-3-2-4-6-8)9-12-13-10(11)14-9/h2-7H,1H3. The minimum absolute atomic E-state index is 0.345. The van der Waals surface area contributed by atoms with Crippen molar-refractivity contribution in [2.75, 3.05) is 0 Å². The summed E-state index contributed by atoms with van der Waals surface area (Å²) in [6.07, 6.45) is 0. The molecule has 14 heavy (non-hydrogen) atoms. The van der Waals surface area contributed by atoms with E-state index in [1.807, 2.05) is 6.07 Å². The highest BCUT2D eigenvalue weighted by Gasteiger charge is 2.12. The third kappa shape index (κ3) is 2.12. The van der Waals surface area contributed by atoms with E-state index >= 15 is 0 Å². The van der Waals surface area contributed by atoms with Gasteiger partial charge in [0.2, 0.25) is 0 Å². The van der Waals surface area contributed by atoms with Crippen LogP contribution in [0.2, 0.25) is 0 Å². The van der Waals surface area contributed by atoms with E-state index in [1.165, 1.54) is 5.56 Å². The molecule has 72 valence electrons. The Morgan fingerprint density at radius 1 is 1.21 bits per heavy atom. The SMILES string of the molecule is CC(c1ccccc1)c1nnc(I)s1. The van der Waals surface area contributed by atoms with E-state index in [2.05, 4.69) is 64.0 Å². The molecule has 0 bridgehead atoms. The molecular formula is C10H9IN2S. The lowest BCUT2D eigenvalue weighted by atomic mass is 10.0. The van der Waals surface area contributed by atoms with Gasteiger partial charge in [0.1, 0.15) is 5.01 Å². The Morgan fingerprint density at radius 3 is 2.50 bits per heavy atom. The first-order valence-corrected chi connectivity index (χ1v) is 6.21. The topological polar surface area (TPSA) is 25.8 Å². The molecule has 1 aromatic heterocycles. The summed E-state index contributed by atoms with van der Waals surface area (Å²) in [5, 5.41) is 9.26. The minimum Gasteiger partial charge on any atom is -0.142 e. The molecule has 0 aliphatic heterocycles. The van der Waals surface area contributed by atoms with Crippen LogP contribution in [0.25, 0.3) is 0 Å². The van der Waals surface area contributed by atoms with Crippen molar-refractivity contribution in [1.82, 2.24) is 10.2 Å². The zero-order chi connectivity index (χ0) is 9.97. The van der Waals surface area contributed by atoms with Gasteiger partial charge in [-0.25, -0.2) is 0 Å². The normalized spacial score (nSPS) is 12.7. The molecule has 0 amide bonds. The summed E-state index contributed by atoms with van der Waals surface area (Å²) in [5.41, 5.74) is 1.29. The first-order valence-electron chi connectivity index (χ1n) is 4.31. The maximum atomic E-state index is 4.15. The molecule has 0 saturated carbocycles. The molecule has 0 aliphatic carbocycles. The Kier molecular flexibility index (Phi) is 3.12. The third-order valence-electron chi connectivity index (χ3n) is 2.09. The van der Waals surface area contributed by atoms with Crippen molar-refractivity contribution in [3.63, 3.8) is 0 Å². The molecule has 1 heterocycles. The maximum Gasteiger partial charge on any atom is 0.178 e. The van der Waals surface area contributed by atoms with Gasteiger partial charge in [0.15, 0.2) is 3.01 Å². The Bertz CT molecular complexity index is 413. The molecule has 4 heteroatoms. The van der Waals surface area contributed by atoms with Gasteiger partial charge in [-0.1, -0.05) is 48.6 Å². The molecule has 2 aromatic rings. The predicted octanol–water partition coefficient (Wildman–Crippen LogP) is 3.29. The molecule has 2 nitrogen and oxygen atoms in total. The molecule has 1 aromatic carbocycles. The first-order chi connectivity index (χ1) is 6.77. The van der Waals surface area contributed by atoms with E-state index in [1.54, 1.807) is 11.3 Å². The molecule has 2 rings (SSSR count). The van der Waals surface area contributed by atoms with Crippen molar-refractivity contribution in [3.8, 4) is 0 Å². The van der Waals surface area contributed by atoms with Gasteiger partial charge >= 0.3 is 0 Å². The van der Waals surface area contributed by atoms with Gasteiger partial charge in [0.25, 0.3) is 0 Å².